The maximum Gasteiger partial charge on any atom is 0.243 e. The average Bonchev–Trinajstić information content (AvgIpc) is 3.61. The van der Waals surface area contributed by atoms with Crippen LogP contribution in [0.1, 0.15) is 41.6 Å². The van der Waals surface area contributed by atoms with E-state index < -0.39 is 23.7 Å². The van der Waals surface area contributed by atoms with Crippen LogP contribution >= 0.6 is 0 Å². The van der Waals surface area contributed by atoms with Crippen LogP contribution in [0.3, 0.4) is 0 Å². The summed E-state index contributed by atoms with van der Waals surface area (Å²) in [4.78, 5) is 61.9. The minimum Gasteiger partial charge on any atom is -0.329 e. The van der Waals surface area contributed by atoms with Gasteiger partial charge in [0.1, 0.15) is 0 Å². The van der Waals surface area contributed by atoms with E-state index in [9.17, 15) is 19.2 Å². The molecule has 0 saturated carbocycles. The first-order valence-corrected chi connectivity index (χ1v) is 13.5. The van der Waals surface area contributed by atoms with E-state index in [1.54, 1.807) is 54.9 Å². The summed E-state index contributed by atoms with van der Waals surface area (Å²) in [7, 11) is 0. The Hall–Kier alpha value is -4.85. The average molecular weight is 531 g/mol. The first kappa shape index (κ1) is 24.2. The molecule has 4 amide bonds. The van der Waals surface area contributed by atoms with Gasteiger partial charge in [-0.1, -0.05) is 66.7 Å². The van der Waals surface area contributed by atoms with Gasteiger partial charge in [0.15, 0.2) is 0 Å². The second kappa shape index (κ2) is 9.41. The minimum absolute atomic E-state index is 0.0330. The highest BCUT2D eigenvalue weighted by molar-refractivity contribution is 6.24. The highest BCUT2D eigenvalue weighted by Gasteiger charge is 2.57. The number of hydrogen-bond acceptors (Lipinski definition) is 5. The predicted octanol–water partition coefficient (Wildman–Crippen LogP) is 4.27. The number of carbonyl (C=O) groups excluding carboxylic acids is 4. The minimum atomic E-state index is -0.706. The normalized spacial score (nSPS) is 24.0. The molecule has 0 spiro atoms. The standard InChI is InChI=1S/C32H26N4O4/c37-26-17-24(30(38)35(26)21-12-6-2-7-13-21)23-16-25-27(32(40)36(31(25)39)22-14-8-3-9-15-22)29-28(23)33-19-34(29)18-20-10-4-1-5-11-20/h1-15,19,23-25,27H,16-18H2/t23-,24+,25-,27-/m0/s1. The predicted molar refractivity (Wildman–Crippen MR) is 147 cm³/mol. The van der Waals surface area contributed by atoms with Crippen LogP contribution in [-0.4, -0.2) is 33.2 Å². The van der Waals surface area contributed by atoms with E-state index >= 15 is 0 Å². The number of imide groups is 2. The number of benzene rings is 3. The van der Waals surface area contributed by atoms with Gasteiger partial charge in [0.25, 0.3) is 0 Å². The molecule has 40 heavy (non-hydrogen) atoms. The van der Waals surface area contributed by atoms with E-state index in [2.05, 4.69) is 0 Å². The van der Waals surface area contributed by atoms with Crippen molar-refractivity contribution in [1.82, 2.24) is 9.55 Å². The number of anilines is 2. The molecule has 4 atom stereocenters. The first-order chi connectivity index (χ1) is 19.5. The van der Waals surface area contributed by atoms with Crippen molar-refractivity contribution in [3.05, 3.63) is 114 Å². The summed E-state index contributed by atoms with van der Waals surface area (Å²) >= 11 is 0. The van der Waals surface area contributed by atoms with Crippen molar-refractivity contribution in [3.63, 3.8) is 0 Å². The Morgan fingerprint density at radius 1 is 0.650 bits per heavy atom. The molecular formula is C32H26N4O4. The topological polar surface area (TPSA) is 92.6 Å². The quantitative estimate of drug-likeness (QED) is 0.360. The van der Waals surface area contributed by atoms with Crippen molar-refractivity contribution in [2.45, 2.75) is 31.2 Å². The number of para-hydroxylation sites is 2. The lowest BCUT2D eigenvalue weighted by molar-refractivity contribution is -0.125. The smallest absolute Gasteiger partial charge is 0.243 e. The zero-order valence-corrected chi connectivity index (χ0v) is 21.6. The van der Waals surface area contributed by atoms with Gasteiger partial charge in [-0.05, 0) is 36.2 Å². The monoisotopic (exact) mass is 530 g/mol. The van der Waals surface area contributed by atoms with Gasteiger partial charge < -0.3 is 4.57 Å². The van der Waals surface area contributed by atoms with Crippen LogP contribution < -0.4 is 9.80 Å². The lowest BCUT2D eigenvalue weighted by Gasteiger charge is -2.32. The maximum absolute atomic E-state index is 13.9. The number of hydrogen-bond donors (Lipinski definition) is 0. The molecule has 3 aliphatic rings. The first-order valence-electron chi connectivity index (χ1n) is 13.5. The second-order valence-corrected chi connectivity index (χ2v) is 10.6. The molecule has 2 aliphatic heterocycles. The van der Waals surface area contributed by atoms with E-state index in [1.165, 1.54) is 9.80 Å². The fourth-order valence-corrected chi connectivity index (χ4v) is 6.60. The Morgan fingerprint density at radius 3 is 1.88 bits per heavy atom. The molecule has 7 rings (SSSR count). The van der Waals surface area contributed by atoms with Crippen molar-refractivity contribution >= 4 is 35.0 Å². The summed E-state index contributed by atoms with van der Waals surface area (Å²) in [6.07, 6.45) is 2.01. The molecule has 0 radical (unpaired) electrons. The Morgan fingerprint density at radius 2 is 1.23 bits per heavy atom. The van der Waals surface area contributed by atoms with Gasteiger partial charge in [-0.25, -0.2) is 9.88 Å². The van der Waals surface area contributed by atoms with E-state index in [1.807, 2.05) is 47.0 Å². The maximum atomic E-state index is 13.9. The summed E-state index contributed by atoms with van der Waals surface area (Å²) in [6, 6.07) is 27.7. The van der Waals surface area contributed by atoms with Crippen molar-refractivity contribution < 1.29 is 19.2 Å². The Labute approximate surface area is 230 Å². The number of carbonyl (C=O) groups is 4. The van der Waals surface area contributed by atoms with Crippen LogP contribution in [0.2, 0.25) is 0 Å². The molecule has 3 aromatic carbocycles. The molecule has 3 heterocycles. The fraction of sp³-hybridized carbons (Fsp3) is 0.219. The third-order valence-electron chi connectivity index (χ3n) is 8.38. The summed E-state index contributed by atoms with van der Waals surface area (Å²) in [6.45, 7) is 0.472. The molecule has 8 heteroatoms. The van der Waals surface area contributed by atoms with Gasteiger partial charge in [0.2, 0.25) is 23.6 Å². The SMILES string of the molecule is O=C1C[C@H]([C@@H]2C[C@@H]3C(=O)N(c4ccccc4)C(=O)[C@@H]3c3c2ncn3Cc2ccccc2)C(=O)N1c1ccccc1. The van der Waals surface area contributed by atoms with Gasteiger partial charge in [-0.2, -0.15) is 0 Å². The number of rotatable bonds is 5. The molecule has 2 fully saturated rings. The zero-order chi connectivity index (χ0) is 27.4. The number of fused-ring (bicyclic) bond motifs is 3. The van der Waals surface area contributed by atoms with Crippen LogP contribution in [0.25, 0.3) is 0 Å². The third kappa shape index (κ3) is 3.71. The molecule has 1 aromatic heterocycles. The lowest BCUT2D eigenvalue weighted by Crippen LogP contribution is -2.35. The molecule has 1 aliphatic carbocycles. The molecule has 0 bridgehead atoms. The van der Waals surface area contributed by atoms with Crippen LogP contribution in [0.15, 0.2) is 97.3 Å². The lowest BCUT2D eigenvalue weighted by atomic mass is 9.70. The van der Waals surface area contributed by atoms with Crippen LogP contribution in [0, 0.1) is 11.8 Å². The zero-order valence-electron chi connectivity index (χ0n) is 21.6. The van der Waals surface area contributed by atoms with Crippen molar-refractivity contribution in [1.29, 1.82) is 0 Å². The summed E-state index contributed by atoms with van der Waals surface area (Å²) in [5.41, 5.74) is 3.39. The summed E-state index contributed by atoms with van der Waals surface area (Å²) < 4.78 is 1.93. The third-order valence-corrected chi connectivity index (χ3v) is 8.38. The van der Waals surface area contributed by atoms with E-state index in [0.717, 1.165) is 5.56 Å². The number of amides is 4. The van der Waals surface area contributed by atoms with Crippen molar-refractivity contribution in [3.8, 4) is 0 Å². The number of aromatic nitrogens is 2. The highest BCUT2D eigenvalue weighted by Crippen LogP contribution is 2.52. The van der Waals surface area contributed by atoms with Crippen LogP contribution in [-0.2, 0) is 25.7 Å². The van der Waals surface area contributed by atoms with Gasteiger partial charge in [0.05, 0.1) is 46.8 Å². The Kier molecular flexibility index (Phi) is 5.70. The molecule has 198 valence electrons. The van der Waals surface area contributed by atoms with Gasteiger partial charge in [-0.3, -0.25) is 24.1 Å². The Bertz CT molecular complexity index is 1630. The molecular weight excluding hydrogens is 504 g/mol. The van der Waals surface area contributed by atoms with Crippen molar-refractivity contribution in [2.24, 2.45) is 11.8 Å². The van der Waals surface area contributed by atoms with E-state index in [0.29, 0.717) is 29.3 Å². The highest BCUT2D eigenvalue weighted by atomic mass is 16.2. The summed E-state index contributed by atoms with van der Waals surface area (Å²) in [5.74, 6) is -3.61. The number of nitrogens with zero attached hydrogens (tertiary/aromatic N) is 4. The summed E-state index contributed by atoms with van der Waals surface area (Å²) in [5, 5.41) is 0. The van der Waals surface area contributed by atoms with Crippen LogP contribution in [0.4, 0.5) is 11.4 Å². The van der Waals surface area contributed by atoms with E-state index in [4.69, 9.17) is 4.98 Å². The number of imidazole rings is 1. The van der Waals surface area contributed by atoms with Crippen molar-refractivity contribution in [2.75, 3.05) is 9.80 Å². The fourth-order valence-electron chi connectivity index (χ4n) is 6.60. The van der Waals surface area contributed by atoms with Gasteiger partial charge in [-0.15, -0.1) is 0 Å². The second-order valence-electron chi connectivity index (χ2n) is 10.6. The van der Waals surface area contributed by atoms with Crippen LogP contribution in [0.5, 0.6) is 0 Å². The molecule has 2 saturated heterocycles. The molecule has 4 aromatic rings. The van der Waals surface area contributed by atoms with E-state index in [-0.39, 0.29) is 36.5 Å². The molecule has 8 nitrogen and oxygen atoms in total. The molecule has 0 unspecified atom stereocenters. The van der Waals surface area contributed by atoms with Gasteiger partial charge >= 0.3 is 0 Å². The molecule has 0 N–H and O–H groups in total. The largest absolute Gasteiger partial charge is 0.329 e. The Balaban J connectivity index is 1.32. The van der Waals surface area contributed by atoms with Gasteiger partial charge in [0, 0.05) is 18.9 Å².